The Morgan fingerprint density at radius 2 is 1.95 bits per heavy atom. The Balaban J connectivity index is 0.00000176. The second-order valence-corrected chi connectivity index (χ2v) is 5.49. The monoisotopic (exact) mass is 309 g/mol. The zero-order valence-electron chi connectivity index (χ0n) is 11.1. The molecule has 0 saturated carbocycles. The van der Waals surface area contributed by atoms with E-state index in [1.807, 2.05) is 16.8 Å². The number of thiophene rings is 1. The summed E-state index contributed by atoms with van der Waals surface area (Å²) in [6.45, 7) is 0. The van der Waals surface area contributed by atoms with Crippen molar-refractivity contribution in [3.63, 3.8) is 0 Å². The number of aromatic carboxylic acids is 1. The van der Waals surface area contributed by atoms with Crippen LogP contribution in [0.15, 0.2) is 42.9 Å². The molecule has 0 bridgehead atoms. The topological polar surface area (TPSA) is 74.9 Å². The first-order valence-corrected chi connectivity index (χ1v) is 6.92. The molecule has 6 nitrogen and oxygen atoms in total. The van der Waals surface area contributed by atoms with Crippen LogP contribution in [-0.4, -0.2) is 52.3 Å². The standard InChI is InChI=1S/C14H11N3O3S.Li.H/c1-16(9-4-6-17-7-5-15-12(17)8-9)13(18)10-2-3-11(21-10)14(19)20;;/h2-8H,1H3,(H,19,20);;. The van der Waals surface area contributed by atoms with Gasteiger partial charge in [-0.2, -0.15) is 0 Å². The SMILES string of the molecule is CN(C(=O)c1ccc(C(=O)O)s1)c1ccn2ccnc2c1.[LiH]. The number of aromatic nitrogens is 2. The van der Waals surface area contributed by atoms with E-state index in [-0.39, 0.29) is 29.6 Å². The van der Waals surface area contributed by atoms with E-state index >= 15 is 0 Å². The Morgan fingerprint density at radius 3 is 2.64 bits per heavy atom. The third-order valence-electron chi connectivity index (χ3n) is 3.10. The average Bonchev–Trinajstić information content (AvgIpc) is 3.13. The van der Waals surface area contributed by atoms with Crippen LogP contribution in [0.5, 0.6) is 0 Å². The molecule has 8 heteroatoms. The normalized spacial score (nSPS) is 10.2. The van der Waals surface area contributed by atoms with Gasteiger partial charge in [-0.25, -0.2) is 9.78 Å². The van der Waals surface area contributed by atoms with Crippen LogP contribution < -0.4 is 4.90 Å². The van der Waals surface area contributed by atoms with Gasteiger partial charge in [-0.15, -0.1) is 11.3 Å². The van der Waals surface area contributed by atoms with Crippen molar-refractivity contribution in [2.24, 2.45) is 0 Å². The molecule has 0 aliphatic carbocycles. The molecule has 22 heavy (non-hydrogen) atoms. The van der Waals surface area contributed by atoms with Crippen molar-refractivity contribution in [3.05, 3.63) is 52.6 Å². The number of fused-ring (bicyclic) bond motifs is 1. The number of pyridine rings is 1. The first-order chi connectivity index (χ1) is 10.1. The first kappa shape index (κ1) is 16.3. The van der Waals surface area contributed by atoms with E-state index < -0.39 is 5.97 Å². The maximum atomic E-state index is 12.4. The number of imidazole rings is 1. The number of amides is 1. The molecule has 108 valence electrons. The molecule has 0 aliphatic heterocycles. The molecular formula is C14H12LiN3O3S. The molecule has 3 aromatic heterocycles. The molecular weight excluding hydrogens is 297 g/mol. The van der Waals surface area contributed by atoms with Crippen molar-refractivity contribution in [1.82, 2.24) is 9.38 Å². The minimum absolute atomic E-state index is 0. The Hall–Kier alpha value is -2.07. The number of anilines is 1. The number of carbonyl (C=O) groups is 2. The van der Waals surface area contributed by atoms with Gasteiger partial charge in [0, 0.05) is 37.4 Å². The minimum atomic E-state index is -1.03. The summed E-state index contributed by atoms with van der Waals surface area (Å²) < 4.78 is 1.84. The fraction of sp³-hybridized carbons (Fsp3) is 0.0714. The van der Waals surface area contributed by atoms with Crippen LogP contribution in [0, 0.1) is 0 Å². The number of carboxylic acid groups (broad SMARTS) is 1. The van der Waals surface area contributed by atoms with Crippen molar-refractivity contribution in [1.29, 1.82) is 0 Å². The van der Waals surface area contributed by atoms with Gasteiger partial charge in [0.2, 0.25) is 0 Å². The van der Waals surface area contributed by atoms with E-state index in [1.54, 1.807) is 25.4 Å². The summed E-state index contributed by atoms with van der Waals surface area (Å²) in [6, 6.07) is 6.56. The van der Waals surface area contributed by atoms with Crippen molar-refractivity contribution < 1.29 is 14.7 Å². The van der Waals surface area contributed by atoms with E-state index in [0.29, 0.717) is 10.6 Å². The van der Waals surface area contributed by atoms with Gasteiger partial charge in [-0.3, -0.25) is 4.79 Å². The quantitative estimate of drug-likeness (QED) is 0.748. The van der Waals surface area contributed by atoms with Crippen LogP contribution in [0.25, 0.3) is 5.65 Å². The predicted molar refractivity (Wildman–Crippen MR) is 86.4 cm³/mol. The van der Waals surface area contributed by atoms with Gasteiger partial charge in [-0.05, 0) is 18.2 Å². The summed E-state index contributed by atoms with van der Waals surface area (Å²) >= 11 is 0.966. The summed E-state index contributed by atoms with van der Waals surface area (Å²) in [5.41, 5.74) is 1.44. The van der Waals surface area contributed by atoms with Gasteiger partial charge >= 0.3 is 24.8 Å². The number of hydrogen-bond acceptors (Lipinski definition) is 4. The van der Waals surface area contributed by atoms with Crippen LogP contribution >= 0.6 is 11.3 Å². The molecule has 0 saturated heterocycles. The first-order valence-electron chi connectivity index (χ1n) is 6.10. The molecule has 0 aromatic carbocycles. The number of nitrogens with zero attached hydrogens (tertiary/aromatic N) is 3. The number of carboxylic acids is 1. The average molecular weight is 309 g/mol. The van der Waals surface area contributed by atoms with E-state index in [1.165, 1.54) is 17.0 Å². The van der Waals surface area contributed by atoms with Gasteiger partial charge in [0.15, 0.2) is 0 Å². The fourth-order valence-corrected chi connectivity index (χ4v) is 2.78. The molecule has 1 N–H and O–H groups in total. The van der Waals surface area contributed by atoms with Crippen molar-refractivity contribution >= 4 is 53.4 Å². The third kappa shape index (κ3) is 2.92. The van der Waals surface area contributed by atoms with Gasteiger partial charge in [0.1, 0.15) is 10.5 Å². The third-order valence-corrected chi connectivity index (χ3v) is 4.16. The Morgan fingerprint density at radius 1 is 1.23 bits per heavy atom. The zero-order chi connectivity index (χ0) is 15.0. The predicted octanol–water partition coefficient (Wildman–Crippen LogP) is 1.72. The summed E-state index contributed by atoms with van der Waals surface area (Å²) in [5, 5.41) is 8.90. The number of hydrogen-bond donors (Lipinski definition) is 1. The van der Waals surface area contributed by atoms with Crippen molar-refractivity contribution in [2.75, 3.05) is 11.9 Å². The zero-order valence-corrected chi connectivity index (χ0v) is 11.9. The Kier molecular flexibility index (Phi) is 4.71. The molecule has 3 aromatic rings. The summed E-state index contributed by atoms with van der Waals surface area (Å²) in [7, 11) is 1.65. The molecule has 0 fully saturated rings. The van der Waals surface area contributed by atoms with Gasteiger partial charge in [0.05, 0.1) is 4.88 Å². The fourth-order valence-electron chi connectivity index (χ4n) is 1.96. The summed E-state index contributed by atoms with van der Waals surface area (Å²) in [4.78, 5) is 29.4. The van der Waals surface area contributed by atoms with Gasteiger partial charge in [-0.1, -0.05) is 0 Å². The summed E-state index contributed by atoms with van der Waals surface area (Å²) in [5.74, 6) is -1.27. The van der Waals surface area contributed by atoms with E-state index in [0.717, 1.165) is 17.0 Å². The van der Waals surface area contributed by atoms with Crippen LogP contribution in [0.4, 0.5) is 5.69 Å². The van der Waals surface area contributed by atoms with E-state index in [2.05, 4.69) is 4.98 Å². The van der Waals surface area contributed by atoms with Gasteiger partial charge in [0.25, 0.3) is 5.91 Å². The molecule has 1 amide bonds. The molecule has 0 atom stereocenters. The summed E-state index contributed by atoms with van der Waals surface area (Å²) in [6.07, 6.45) is 5.32. The second kappa shape index (κ2) is 6.36. The molecule has 0 radical (unpaired) electrons. The van der Waals surface area contributed by atoms with Crippen LogP contribution in [0.1, 0.15) is 19.3 Å². The van der Waals surface area contributed by atoms with Crippen molar-refractivity contribution in [2.45, 2.75) is 0 Å². The van der Waals surface area contributed by atoms with E-state index in [4.69, 9.17) is 5.11 Å². The van der Waals surface area contributed by atoms with Crippen LogP contribution in [0.2, 0.25) is 0 Å². The molecule has 0 spiro atoms. The molecule has 3 heterocycles. The molecule has 0 aliphatic rings. The van der Waals surface area contributed by atoms with Gasteiger partial charge < -0.3 is 14.4 Å². The van der Waals surface area contributed by atoms with E-state index in [9.17, 15) is 9.59 Å². The Bertz CT molecular complexity index is 843. The van der Waals surface area contributed by atoms with Crippen LogP contribution in [-0.2, 0) is 0 Å². The number of rotatable bonds is 3. The van der Waals surface area contributed by atoms with Crippen LogP contribution in [0.3, 0.4) is 0 Å². The number of carbonyl (C=O) groups excluding carboxylic acids is 1. The Labute approximate surface area is 142 Å². The van der Waals surface area contributed by atoms with Crippen molar-refractivity contribution in [3.8, 4) is 0 Å². The molecule has 0 unspecified atom stereocenters. The molecule has 3 rings (SSSR count). The second-order valence-electron chi connectivity index (χ2n) is 4.41. The maximum absolute atomic E-state index is 12.4.